The second-order valence-corrected chi connectivity index (χ2v) is 5.81. The number of hydrogen-bond acceptors (Lipinski definition) is 2. The van der Waals surface area contributed by atoms with Gasteiger partial charge in [-0.05, 0) is 36.2 Å². The summed E-state index contributed by atoms with van der Waals surface area (Å²) in [5.41, 5.74) is 1.02. The summed E-state index contributed by atoms with van der Waals surface area (Å²) in [6.07, 6.45) is 1.22. The molecular weight excluding hydrogens is 285 g/mol. The summed E-state index contributed by atoms with van der Waals surface area (Å²) in [4.78, 5) is 12.9. The minimum Gasteiger partial charge on any atom is -0.356 e. The molecule has 0 saturated carbocycles. The van der Waals surface area contributed by atoms with Crippen LogP contribution in [0.1, 0.15) is 12.0 Å². The van der Waals surface area contributed by atoms with E-state index in [0.29, 0.717) is 13.0 Å². The number of halogens is 1. The average molecular weight is 303 g/mol. The molecule has 2 aromatic carbocycles. The van der Waals surface area contributed by atoms with E-state index in [9.17, 15) is 9.18 Å². The van der Waals surface area contributed by atoms with Crippen LogP contribution in [-0.2, 0) is 11.2 Å². The maximum Gasteiger partial charge on any atom is 0.220 e. The van der Waals surface area contributed by atoms with Gasteiger partial charge < -0.3 is 5.32 Å². The van der Waals surface area contributed by atoms with Crippen LogP contribution >= 0.6 is 11.8 Å². The van der Waals surface area contributed by atoms with Gasteiger partial charge in [0.05, 0.1) is 0 Å². The Morgan fingerprint density at radius 3 is 2.48 bits per heavy atom. The van der Waals surface area contributed by atoms with Gasteiger partial charge in [-0.15, -0.1) is 11.8 Å². The van der Waals surface area contributed by atoms with E-state index in [4.69, 9.17) is 0 Å². The van der Waals surface area contributed by atoms with E-state index in [-0.39, 0.29) is 11.7 Å². The van der Waals surface area contributed by atoms with Crippen LogP contribution < -0.4 is 5.32 Å². The highest BCUT2D eigenvalue weighted by atomic mass is 32.2. The van der Waals surface area contributed by atoms with E-state index in [1.807, 2.05) is 30.3 Å². The number of thioether (sulfide) groups is 1. The lowest BCUT2D eigenvalue weighted by Crippen LogP contribution is -2.25. The van der Waals surface area contributed by atoms with Crippen molar-refractivity contribution in [3.8, 4) is 0 Å². The molecule has 0 atom stereocenters. The van der Waals surface area contributed by atoms with Crippen molar-refractivity contribution in [1.82, 2.24) is 5.32 Å². The molecule has 0 aromatic heterocycles. The summed E-state index contributed by atoms with van der Waals surface area (Å²) in [6, 6.07) is 16.4. The molecule has 0 heterocycles. The highest BCUT2D eigenvalue weighted by molar-refractivity contribution is 7.99. The topological polar surface area (TPSA) is 29.1 Å². The van der Waals surface area contributed by atoms with Crippen molar-refractivity contribution in [3.05, 3.63) is 66.0 Å². The summed E-state index contributed by atoms with van der Waals surface area (Å²) in [5, 5.41) is 2.89. The molecule has 2 aromatic rings. The Bertz CT molecular complexity index is 557. The number of hydrogen-bond donors (Lipinski definition) is 1. The molecule has 1 amide bonds. The maximum atomic E-state index is 12.7. The van der Waals surface area contributed by atoms with Crippen LogP contribution in [0.5, 0.6) is 0 Å². The molecule has 0 aliphatic rings. The van der Waals surface area contributed by atoms with Gasteiger partial charge in [-0.25, -0.2) is 4.39 Å². The van der Waals surface area contributed by atoms with Crippen molar-refractivity contribution in [2.45, 2.75) is 17.7 Å². The molecule has 4 heteroatoms. The minimum atomic E-state index is -0.235. The molecule has 0 spiro atoms. The second-order valence-electron chi connectivity index (χ2n) is 4.64. The average Bonchev–Trinajstić information content (AvgIpc) is 2.50. The third kappa shape index (κ3) is 6.00. The Hall–Kier alpha value is -1.81. The molecular formula is C17H18FNOS. The molecule has 21 heavy (non-hydrogen) atoms. The molecule has 0 bridgehead atoms. The summed E-state index contributed by atoms with van der Waals surface area (Å²) in [5.74, 6) is 0.591. The van der Waals surface area contributed by atoms with Crippen molar-refractivity contribution in [2.24, 2.45) is 0 Å². The second kappa shape index (κ2) is 8.47. The molecule has 1 N–H and O–H groups in total. The van der Waals surface area contributed by atoms with Gasteiger partial charge in [0.25, 0.3) is 0 Å². The smallest absolute Gasteiger partial charge is 0.220 e. The maximum absolute atomic E-state index is 12.7. The SMILES string of the molecule is O=C(CCSc1ccccc1)NCCc1ccc(F)cc1. The number of benzene rings is 2. The molecule has 0 radical (unpaired) electrons. The van der Waals surface area contributed by atoms with Gasteiger partial charge in [0.2, 0.25) is 5.91 Å². The summed E-state index contributed by atoms with van der Waals surface area (Å²) in [6.45, 7) is 0.584. The van der Waals surface area contributed by atoms with Crippen LogP contribution in [-0.4, -0.2) is 18.2 Å². The third-order valence-corrected chi connectivity index (χ3v) is 4.00. The van der Waals surface area contributed by atoms with Gasteiger partial charge in [0.15, 0.2) is 0 Å². The zero-order valence-corrected chi connectivity index (χ0v) is 12.5. The molecule has 0 aliphatic heterocycles. The van der Waals surface area contributed by atoms with E-state index in [1.54, 1.807) is 23.9 Å². The van der Waals surface area contributed by atoms with Gasteiger partial charge in [0, 0.05) is 23.6 Å². The van der Waals surface area contributed by atoms with Gasteiger partial charge in [-0.2, -0.15) is 0 Å². The fourth-order valence-electron chi connectivity index (χ4n) is 1.86. The predicted molar refractivity (Wildman–Crippen MR) is 84.9 cm³/mol. The molecule has 110 valence electrons. The summed E-state index contributed by atoms with van der Waals surface area (Å²) < 4.78 is 12.7. The first-order valence-electron chi connectivity index (χ1n) is 6.93. The van der Waals surface area contributed by atoms with Crippen LogP contribution in [0.4, 0.5) is 4.39 Å². The van der Waals surface area contributed by atoms with Gasteiger partial charge >= 0.3 is 0 Å². The highest BCUT2D eigenvalue weighted by Crippen LogP contribution is 2.17. The van der Waals surface area contributed by atoms with Crippen LogP contribution in [0.3, 0.4) is 0 Å². The highest BCUT2D eigenvalue weighted by Gasteiger charge is 2.02. The zero-order valence-electron chi connectivity index (χ0n) is 11.7. The predicted octanol–water partition coefficient (Wildman–Crippen LogP) is 3.67. The van der Waals surface area contributed by atoms with Gasteiger partial charge in [-0.1, -0.05) is 30.3 Å². The quantitative estimate of drug-likeness (QED) is 0.791. The van der Waals surface area contributed by atoms with E-state index in [0.717, 1.165) is 17.7 Å². The van der Waals surface area contributed by atoms with E-state index in [1.165, 1.54) is 17.0 Å². The van der Waals surface area contributed by atoms with Gasteiger partial charge in [-0.3, -0.25) is 4.79 Å². The van der Waals surface area contributed by atoms with Crippen molar-refractivity contribution in [2.75, 3.05) is 12.3 Å². The van der Waals surface area contributed by atoms with Crippen molar-refractivity contribution >= 4 is 17.7 Å². The molecule has 0 saturated heterocycles. The number of amides is 1. The number of rotatable bonds is 7. The normalized spacial score (nSPS) is 10.3. The Kier molecular flexibility index (Phi) is 6.28. The van der Waals surface area contributed by atoms with Crippen LogP contribution in [0, 0.1) is 5.82 Å². The Morgan fingerprint density at radius 2 is 1.76 bits per heavy atom. The standard InChI is InChI=1S/C17H18FNOS/c18-15-8-6-14(7-9-15)10-12-19-17(20)11-13-21-16-4-2-1-3-5-16/h1-9H,10-13H2,(H,19,20). The first kappa shape index (κ1) is 15.6. The Labute approximate surface area is 128 Å². The lowest BCUT2D eigenvalue weighted by Gasteiger charge is -2.05. The van der Waals surface area contributed by atoms with E-state index in [2.05, 4.69) is 5.32 Å². The van der Waals surface area contributed by atoms with Crippen LogP contribution in [0.25, 0.3) is 0 Å². The van der Waals surface area contributed by atoms with E-state index < -0.39 is 0 Å². The van der Waals surface area contributed by atoms with Crippen molar-refractivity contribution in [3.63, 3.8) is 0 Å². The van der Waals surface area contributed by atoms with Crippen molar-refractivity contribution in [1.29, 1.82) is 0 Å². The molecule has 0 fully saturated rings. The lowest BCUT2D eigenvalue weighted by atomic mass is 10.1. The van der Waals surface area contributed by atoms with Crippen molar-refractivity contribution < 1.29 is 9.18 Å². The molecule has 2 nitrogen and oxygen atoms in total. The largest absolute Gasteiger partial charge is 0.356 e. The summed E-state index contributed by atoms with van der Waals surface area (Å²) in [7, 11) is 0. The fourth-order valence-corrected chi connectivity index (χ4v) is 2.74. The first-order valence-corrected chi connectivity index (χ1v) is 7.91. The lowest BCUT2D eigenvalue weighted by molar-refractivity contribution is -0.120. The number of nitrogens with one attached hydrogen (secondary N) is 1. The fraction of sp³-hybridized carbons (Fsp3) is 0.235. The monoisotopic (exact) mass is 303 g/mol. The van der Waals surface area contributed by atoms with Gasteiger partial charge in [0.1, 0.15) is 5.82 Å². The molecule has 0 unspecified atom stereocenters. The molecule has 0 aliphatic carbocycles. The number of carbonyl (C=O) groups is 1. The Balaban J connectivity index is 1.60. The van der Waals surface area contributed by atoms with Crippen LogP contribution in [0.2, 0.25) is 0 Å². The Morgan fingerprint density at radius 1 is 1.05 bits per heavy atom. The first-order chi connectivity index (χ1) is 10.2. The van der Waals surface area contributed by atoms with E-state index >= 15 is 0 Å². The minimum absolute atomic E-state index is 0.0561. The number of carbonyl (C=O) groups excluding carboxylic acids is 1. The third-order valence-electron chi connectivity index (χ3n) is 2.99. The molecule has 2 rings (SSSR count). The summed E-state index contributed by atoms with van der Waals surface area (Å²) >= 11 is 1.68. The zero-order chi connectivity index (χ0) is 14.9. The van der Waals surface area contributed by atoms with Crippen LogP contribution in [0.15, 0.2) is 59.5 Å².